The zero-order chi connectivity index (χ0) is 14.2. The fourth-order valence-electron chi connectivity index (χ4n) is 2.33. The molecular formula is C17H24N2O. The summed E-state index contributed by atoms with van der Waals surface area (Å²) in [5.74, 6) is 0. The molecule has 108 valence electrons. The van der Waals surface area contributed by atoms with Gasteiger partial charge in [-0.15, -0.1) is 0 Å². The topological polar surface area (TPSA) is 28.4 Å². The number of rotatable bonds is 8. The fourth-order valence-corrected chi connectivity index (χ4v) is 2.33. The summed E-state index contributed by atoms with van der Waals surface area (Å²) in [5, 5.41) is 3.48. The molecule has 0 spiro atoms. The minimum atomic E-state index is 0.910. The van der Waals surface area contributed by atoms with Crippen molar-refractivity contribution in [2.24, 2.45) is 0 Å². The number of hydrogen-bond acceptors (Lipinski definition) is 3. The van der Waals surface area contributed by atoms with Crippen molar-refractivity contribution in [3.05, 3.63) is 59.5 Å². The summed E-state index contributed by atoms with van der Waals surface area (Å²) in [4.78, 5) is 2.31. The quantitative estimate of drug-likeness (QED) is 0.746. The van der Waals surface area contributed by atoms with Crippen LogP contribution in [0.4, 0.5) is 0 Å². The molecule has 1 N–H and O–H groups in total. The van der Waals surface area contributed by atoms with E-state index < -0.39 is 0 Å². The maximum absolute atomic E-state index is 5.12. The van der Waals surface area contributed by atoms with Crippen LogP contribution in [0.3, 0.4) is 0 Å². The van der Waals surface area contributed by atoms with Crippen molar-refractivity contribution in [2.75, 3.05) is 13.6 Å². The molecule has 2 rings (SSSR count). The molecule has 0 fully saturated rings. The van der Waals surface area contributed by atoms with E-state index in [1.165, 1.54) is 23.1 Å². The van der Waals surface area contributed by atoms with Crippen molar-refractivity contribution in [3.8, 4) is 0 Å². The van der Waals surface area contributed by atoms with E-state index in [1.807, 2.05) is 12.3 Å². The van der Waals surface area contributed by atoms with Crippen molar-refractivity contribution < 1.29 is 4.42 Å². The molecular weight excluding hydrogens is 248 g/mol. The predicted octanol–water partition coefficient (Wildman–Crippen LogP) is 3.41. The maximum atomic E-state index is 5.12. The molecule has 3 nitrogen and oxygen atoms in total. The lowest BCUT2D eigenvalue weighted by Crippen LogP contribution is -2.20. The SMILES string of the molecule is CCCNCc1ccccc1CN(C)Cc1ccoc1. The zero-order valence-electron chi connectivity index (χ0n) is 12.4. The Kier molecular flexibility index (Phi) is 5.84. The van der Waals surface area contributed by atoms with Crippen LogP contribution in [0.5, 0.6) is 0 Å². The van der Waals surface area contributed by atoms with Gasteiger partial charge in [0, 0.05) is 25.2 Å². The van der Waals surface area contributed by atoms with Crippen LogP contribution in [0.2, 0.25) is 0 Å². The van der Waals surface area contributed by atoms with Crippen molar-refractivity contribution >= 4 is 0 Å². The number of furan rings is 1. The molecule has 20 heavy (non-hydrogen) atoms. The first-order valence-corrected chi connectivity index (χ1v) is 7.26. The first-order chi connectivity index (χ1) is 9.79. The van der Waals surface area contributed by atoms with Crippen molar-refractivity contribution in [1.29, 1.82) is 0 Å². The van der Waals surface area contributed by atoms with E-state index in [-0.39, 0.29) is 0 Å². The molecule has 0 aliphatic carbocycles. The molecule has 0 aliphatic rings. The van der Waals surface area contributed by atoms with Gasteiger partial charge < -0.3 is 9.73 Å². The van der Waals surface area contributed by atoms with Gasteiger partial charge in [0.05, 0.1) is 12.5 Å². The van der Waals surface area contributed by atoms with Gasteiger partial charge in [0.15, 0.2) is 0 Å². The fraction of sp³-hybridized carbons (Fsp3) is 0.412. The van der Waals surface area contributed by atoms with E-state index in [9.17, 15) is 0 Å². The minimum absolute atomic E-state index is 0.910. The van der Waals surface area contributed by atoms with E-state index in [2.05, 4.69) is 48.5 Å². The lowest BCUT2D eigenvalue weighted by Gasteiger charge is -2.18. The highest BCUT2D eigenvalue weighted by Crippen LogP contribution is 2.13. The molecule has 2 aromatic rings. The van der Waals surface area contributed by atoms with Crippen LogP contribution in [0, 0.1) is 0 Å². The number of nitrogens with one attached hydrogen (secondary N) is 1. The molecule has 0 unspecified atom stereocenters. The highest BCUT2D eigenvalue weighted by atomic mass is 16.3. The average molecular weight is 272 g/mol. The Morgan fingerprint density at radius 3 is 2.60 bits per heavy atom. The Hall–Kier alpha value is -1.58. The molecule has 0 atom stereocenters. The van der Waals surface area contributed by atoms with E-state index in [0.717, 1.165) is 26.2 Å². The third kappa shape index (κ3) is 4.51. The van der Waals surface area contributed by atoms with Gasteiger partial charge in [-0.3, -0.25) is 4.90 Å². The highest BCUT2D eigenvalue weighted by Gasteiger charge is 2.06. The van der Waals surface area contributed by atoms with Gasteiger partial charge in [-0.1, -0.05) is 31.2 Å². The first kappa shape index (κ1) is 14.8. The van der Waals surface area contributed by atoms with Crippen LogP contribution in [0.1, 0.15) is 30.0 Å². The molecule has 1 aromatic heterocycles. The van der Waals surface area contributed by atoms with Gasteiger partial charge in [0.25, 0.3) is 0 Å². The van der Waals surface area contributed by atoms with Gasteiger partial charge in [-0.25, -0.2) is 0 Å². The van der Waals surface area contributed by atoms with Crippen LogP contribution in [-0.4, -0.2) is 18.5 Å². The largest absolute Gasteiger partial charge is 0.472 e. The molecule has 0 saturated heterocycles. The number of nitrogens with zero attached hydrogens (tertiary/aromatic N) is 1. The Balaban J connectivity index is 1.93. The lowest BCUT2D eigenvalue weighted by molar-refractivity contribution is 0.316. The van der Waals surface area contributed by atoms with Gasteiger partial charge in [0.2, 0.25) is 0 Å². The second-order valence-corrected chi connectivity index (χ2v) is 5.25. The maximum Gasteiger partial charge on any atom is 0.0947 e. The summed E-state index contributed by atoms with van der Waals surface area (Å²) in [6, 6.07) is 10.7. The third-order valence-electron chi connectivity index (χ3n) is 3.33. The molecule has 0 amide bonds. The van der Waals surface area contributed by atoms with Crippen LogP contribution >= 0.6 is 0 Å². The Labute approximate surface area is 121 Å². The van der Waals surface area contributed by atoms with E-state index in [1.54, 1.807) is 6.26 Å². The first-order valence-electron chi connectivity index (χ1n) is 7.26. The summed E-state index contributed by atoms with van der Waals surface area (Å²) in [7, 11) is 2.14. The highest BCUT2D eigenvalue weighted by molar-refractivity contribution is 5.27. The lowest BCUT2D eigenvalue weighted by atomic mass is 10.1. The molecule has 3 heteroatoms. The van der Waals surface area contributed by atoms with E-state index >= 15 is 0 Å². The van der Waals surface area contributed by atoms with Crippen LogP contribution < -0.4 is 5.32 Å². The van der Waals surface area contributed by atoms with Crippen molar-refractivity contribution in [3.63, 3.8) is 0 Å². The Bertz CT molecular complexity index is 493. The van der Waals surface area contributed by atoms with Crippen molar-refractivity contribution in [1.82, 2.24) is 10.2 Å². The second-order valence-electron chi connectivity index (χ2n) is 5.25. The molecule has 0 aliphatic heterocycles. The molecule has 1 aromatic carbocycles. The summed E-state index contributed by atoms with van der Waals surface area (Å²) in [5.41, 5.74) is 4.00. The number of hydrogen-bond donors (Lipinski definition) is 1. The molecule has 1 heterocycles. The smallest absolute Gasteiger partial charge is 0.0947 e. The summed E-state index contributed by atoms with van der Waals surface area (Å²) in [6.07, 6.45) is 4.71. The van der Waals surface area contributed by atoms with Gasteiger partial charge in [-0.05, 0) is 37.2 Å². The van der Waals surface area contributed by atoms with Crippen LogP contribution in [0.25, 0.3) is 0 Å². The average Bonchev–Trinajstić information content (AvgIpc) is 2.93. The van der Waals surface area contributed by atoms with Crippen molar-refractivity contribution in [2.45, 2.75) is 33.0 Å². The predicted molar refractivity (Wildman–Crippen MR) is 82.3 cm³/mol. The van der Waals surface area contributed by atoms with Gasteiger partial charge >= 0.3 is 0 Å². The standard InChI is InChI=1S/C17H24N2O/c1-3-9-18-11-16-6-4-5-7-17(16)13-19(2)12-15-8-10-20-14-15/h4-8,10,14,18H,3,9,11-13H2,1-2H3. The second kappa shape index (κ2) is 7.88. The monoisotopic (exact) mass is 272 g/mol. The zero-order valence-corrected chi connectivity index (χ0v) is 12.4. The third-order valence-corrected chi connectivity index (χ3v) is 3.33. The van der Waals surface area contributed by atoms with E-state index in [0.29, 0.717) is 0 Å². The Morgan fingerprint density at radius 1 is 1.10 bits per heavy atom. The van der Waals surface area contributed by atoms with E-state index in [4.69, 9.17) is 4.42 Å². The van der Waals surface area contributed by atoms with Crippen LogP contribution in [-0.2, 0) is 19.6 Å². The summed E-state index contributed by atoms with van der Waals surface area (Å²) < 4.78 is 5.12. The minimum Gasteiger partial charge on any atom is -0.472 e. The van der Waals surface area contributed by atoms with Gasteiger partial charge in [-0.2, -0.15) is 0 Å². The number of benzene rings is 1. The molecule has 0 saturated carbocycles. The molecule has 0 bridgehead atoms. The molecule has 0 radical (unpaired) electrons. The Morgan fingerprint density at radius 2 is 1.90 bits per heavy atom. The summed E-state index contributed by atoms with van der Waals surface area (Å²) >= 11 is 0. The van der Waals surface area contributed by atoms with Gasteiger partial charge in [0.1, 0.15) is 0 Å². The van der Waals surface area contributed by atoms with Crippen LogP contribution in [0.15, 0.2) is 47.3 Å². The summed E-state index contributed by atoms with van der Waals surface area (Å²) in [6.45, 7) is 6.07. The normalized spacial score (nSPS) is 11.2.